The number of amides is 1. The monoisotopic (exact) mass is 325 g/mol. The van der Waals surface area contributed by atoms with E-state index < -0.39 is 5.56 Å². The molecule has 0 bridgehead atoms. The van der Waals surface area contributed by atoms with Crippen LogP contribution in [0, 0.1) is 12.8 Å². The molecule has 0 unspecified atom stereocenters. The number of nitrogens with one attached hydrogen (secondary N) is 1. The van der Waals surface area contributed by atoms with Crippen molar-refractivity contribution in [2.24, 2.45) is 5.92 Å². The molecule has 2 rings (SSSR count). The summed E-state index contributed by atoms with van der Waals surface area (Å²) in [4.78, 5) is 24.0. The van der Waals surface area contributed by atoms with E-state index in [2.05, 4.69) is 22.4 Å². The van der Waals surface area contributed by atoms with Crippen LogP contribution in [0.1, 0.15) is 45.2 Å². The minimum Gasteiger partial charge on any atom is -0.352 e. The lowest BCUT2D eigenvalue weighted by Crippen LogP contribution is -2.44. The molecule has 0 radical (unpaired) electrons. The first-order valence-corrected chi connectivity index (χ1v) is 8.46. The summed E-state index contributed by atoms with van der Waals surface area (Å²) in [5.74, 6) is 6.13. The first kappa shape index (κ1) is 16.8. The molecule has 3 N–H and O–H groups in total. The highest BCUT2D eigenvalue weighted by molar-refractivity contribution is 8.00. The summed E-state index contributed by atoms with van der Waals surface area (Å²) in [7, 11) is 0. The van der Waals surface area contributed by atoms with Crippen LogP contribution < -0.4 is 16.7 Å². The molecule has 3 atom stereocenters. The molecule has 0 aliphatic heterocycles. The predicted molar refractivity (Wildman–Crippen MR) is 86.1 cm³/mol. The van der Waals surface area contributed by atoms with Gasteiger partial charge in [-0.15, -0.1) is 10.2 Å². The van der Waals surface area contributed by atoms with E-state index in [1.54, 1.807) is 13.8 Å². The molecule has 0 aromatic carbocycles. The van der Waals surface area contributed by atoms with E-state index in [4.69, 9.17) is 5.84 Å². The summed E-state index contributed by atoms with van der Waals surface area (Å²) in [5.41, 5.74) is -0.161. The number of nitrogens with two attached hydrogens (primary N) is 1. The molecule has 1 heterocycles. The molecule has 1 aliphatic rings. The van der Waals surface area contributed by atoms with E-state index in [0.29, 0.717) is 5.92 Å². The van der Waals surface area contributed by atoms with Gasteiger partial charge in [-0.05, 0) is 32.6 Å². The van der Waals surface area contributed by atoms with E-state index in [0.717, 1.165) is 35.7 Å². The quantitative estimate of drug-likeness (QED) is 0.628. The maximum atomic E-state index is 12.3. The van der Waals surface area contributed by atoms with Crippen LogP contribution in [0.3, 0.4) is 0 Å². The Balaban J connectivity index is 1.99. The maximum absolute atomic E-state index is 12.3. The Labute approximate surface area is 134 Å². The fourth-order valence-electron chi connectivity index (χ4n) is 2.59. The van der Waals surface area contributed by atoms with Crippen LogP contribution >= 0.6 is 11.8 Å². The molecule has 0 spiro atoms. The first-order valence-electron chi connectivity index (χ1n) is 7.58. The fourth-order valence-corrected chi connectivity index (χ4v) is 3.37. The highest BCUT2D eigenvalue weighted by atomic mass is 32.2. The topological polar surface area (TPSA) is 103 Å². The molecule has 122 valence electrons. The summed E-state index contributed by atoms with van der Waals surface area (Å²) in [6.45, 7) is 5.50. The van der Waals surface area contributed by atoms with Gasteiger partial charge in [0.15, 0.2) is 0 Å². The van der Waals surface area contributed by atoms with Gasteiger partial charge in [0.1, 0.15) is 5.69 Å². The number of rotatable bonds is 4. The molecule has 7 nitrogen and oxygen atoms in total. The Morgan fingerprint density at radius 2 is 2.09 bits per heavy atom. The van der Waals surface area contributed by atoms with E-state index in [-0.39, 0.29) is 28.0 Å². The number of carbonyl (C=O) groups is 1. The number of aromatic nitrogens is 3. The van der Waals surface area contributed by atoms with Crippen molar-refractivity contribution >= 4 is 17.7 Å². The zero-order chi connectivity index (χ0) is 16.3. The van der Waals surface area contributed by atoms with Gasteiger partial charge in [-0.2, -0.15) is 4.68 Å². The van der Waals surface area contributed by atoms with E-state index in [1.807, 2.05) is 0 Å². The van der Waals surface area contributed by atoms with Gasteiger partial charge >= 0.3 is 0 Å². The third-order valence-corrected chi connectivity index (χ3v) is 5.17. The Morgan fingerprint density at radius 3 is 2.77 bits per heavy atom. The van der Waals surface area contributed by atoms with Crippen LogP contribution in [-0.4, -0.2) is 32.1 Å². The molecule has 1 aromatic rings. The van der Waals surface area contributed by atoms with Crippen LogP contribution in [-0.2, 0) is 4.79 Å². The Kier molecular flexibility index (Phi) is 5.44. The first-order chi connectivity index (χ1) is 10.4. The number of nitrogen functional groups attached to an aromatic ring is 1. The van der Waals surface area contributed by atoms with E-state index >= 15 is 0 Å². The molecule has 1 fully saturated rings. The number of carbonyl (C=O) groups excluding carboxylic acids is 1. The average molecular weight is 325 g/mol. The zero-order valence-corrected chi connectivity index (χ0v) is 14.0. The highest BCUT2D eigenvalue weighted by Crippen LogP contribution is 2.25. The lowest BCUT2D eigenvalue weighted by atomic mass is 9.86. The van der Waals surface area contributed by atoms with Crippen LogP contribution in [0.4, 0.5) is 0 Å². The van der Waals surface area contributed by atoms with Gasteiger partial charge < -0.3 is 11.2 Å². The van der Waals surface area contributed by atoms with Gasteiger partial charge in [0.2, 0.25) is 11.1 Å². The summed E-state index contributed by atoms with van der Waals surface area (Å²) in [6, 6.07) is 0.230. The van der Waals surface area contributed by atoms with Gasteiger partial charge in [0.25, 0.3) is 5.56 Å². The Bertz CT molecular complexity index is 603. The van der Waals surface area contributed by atoms with Gasteiger partial charge in [-0.25, -0.2) is 0 Å². The molecule has 0 saturated heterocycles. The molecule has 22 heavy (non-hydrogen) atoms. The molecular weight excluding hydrogens is 302 g/mol. The maximum Gasteiger partial charge on any atom is 0.294 e. The molecule has 1 amide bonds. The Morgan fingerprint density at radius 1 is 1.41 bits per heavy atom. The standard InChI is InChI=1S/C14H23N5O2S/c1-8-6-4-5-7-11(8)16-12(20)10(3)22-14-18-17-9(2)13(21)19(14)15/h8,10-11H,4-7,15H2,1-3H3,(H,16,20)/t8-,10+,11+/m0/s1. The summed E-state index contributed by atoms with van der Waals surface area (Å²) < 4.78 is 0.944. The van der Waals surface area contributed by atoms with Gasteiger partial charge in [0, 0.05) is 6.04 Å². The normalized spacial score (nSPS) is 23.0. The second-order valence-electron chi connectivity index (χ2n) is 5.88. The molecule has 1 saturated carbocycles. The number of nitrogens with zero attached hydrogens (tertiary/aromatic N) is 3. The SMILES string of the molecule is Cc1nnc(S[C@H](C)C(=O)N[C@@H]2CCCC[C@@H]2C)n(N)c1=O. The highest BCUT2D eigenvalue weighted by Gasteiger charge is 2.26. The lowest BCUT2D eigenvalue weighted by molar-refractivity contribution is -0.121. The van der Waals surface area contributed by atoms with Crippen molar-refractivity contribution in [2.45, 2.75) is 62.9 Å². The van der Waals surface area contributed by atoms with Crippen LogP contribution in [0.25, 0.3) is 0 Å². The lowest BCUT2D eigenvalue weighted by Gasteiger charge is -2.30. The molecule has 1 aromatic heterocycles. The summed E-state index contributed by atoms with van der Waals surface area (Å²) in [5, 5.41) is 10.6. The van der Waals surface area contributed by atoms with Crippen molar-refractivity contribution in [3.05, 3.63) is 16.0 Å². The van der Waals surface area contributed by atoms with Crippen molar-refractivity contribution in [2.75, 3.05) is 5.84 Å². The van der Waals surface area contributed by atoms with Crippen molar-refractivity contribution in [1.82, 2.24) is 20.2 Å². The average Bonchev–Trinajstić information content (AvgIpc) is 2.50. The van der Waals surface area contributed by atoms with Gasteiger partial charge in [-0.1, -0.05) is 31.5 Å². The van der Waals surface area contributed by atoms with Crippen molar-refractivity contribution < 1.29 is 4.79 Å². The molecule has 1 aliphatic carbocycles. The molecule has 8 heteroatoms. The number of thioether (sulfide) groups is 1. The van der Waals surface area contributed by atoms with Gasteiger partial charge in [-0.3, -0.25) is 9.59 Å². The van der Waals surface area contributed by atoms with Crippen LogP contribution in [0.2, 0.25) is 0 Å². The fraction of sp³-hybridized carbons (Fsp3) is 0.714. The minimum absolute atomic E-state index is 0.0569. The predicted octanol–water partition coefficient (Wildman–Crippen LogP) is 0.836. The van der Waals surface area contributed by atoms with E-state index in [1.165, 1.54) is 6.42 Å². The zero-order valence-electron chi connectivity index (χ0n) is 13.2. The third kappa shape index (κ3) is 3.79. The van der Waals surface area contributed by atoms with Gasteiger partial charge in [0.05, 0.1) is 5.25 Å². The van der Waals surface area contributed by atoms with Crippen molar-refractivity contribution in [3.63, 3.8) is 0 Å². The number of aryl methyl sites for hydroxylation is 1. The third-order valence-electron chi connectivity index (χ3n) is 4.11. The number of hydrogen-bond acceptors (Lipinski definition) is 6. The minimum atomic E-state index is -0.397. The number of hydrogen-bond donors (Lipinski definition) is 2. The van der Waals surface area contributed by atoms with E-state index in [9.17, 15) is 9.59 Å². The second kappa shape index (κ2) is 7.13. The van der Waals surface area contributed by atoms with Crippen LogP contribution in [0.5, 0.6) is 0 Å². The van der Waals surface area contributed by atoms with Crippen molar-refractivity contribution in [3.8, 4) is 0 Å². The largest absolute Gasteiger partial charge is 0.352 e. The van der Waals surface area contributed by atoms with Crippen LogP contribution in [0.15, 0.2) is 9.95 Å². The molecular formula is C14H23N5O2S. The Hall–Kier alpha value is -1.57. The summed E-state index contributed by atoms with van der Waals surface area (Å²) >= 11 is 1.14. The smallest absolute Gasteiger partial charge is 0.294 e. The summed E-state index contributed by atoms with van der Waals surface area (Å²) in [6.07, 6.45) is 4.56. The van der Waals surface area contributed by atoms with Crippen molar-refractivity contribution in [1.29, 1.82) is 0 Å². The second-order valence-corrected chi connectivity index (χ2v) is 7.19.